The van der Waals surface area contributed by atoms with Gasteiger partial charge < -0.3 is 20.7 Å². The number of aliphatic hydroxyl groups excluding tert-OH is 1. The number of aromatic nitrogens is 1. The van der Waals surface area contributed by atoms with Crippen LogP contribution in [0.15, 0.2) is 17.3 Å². The lowest BCUT2D eigenvalue weighted by Gasteiger charge is -2.53. The number of ketones is 3. The van der Waals surface area contributed by atoms with Crippen LogP contribution in [0.25, 0.3) is 0 Å². The number of rotatable bonds is 3. The van der Waals surface area contributed by atoms with Gasteiger partial charge in [0.2, 0.25) is 0 Å². The average molecular weight is 455 g/mol. The Morgan fingerprint density at radius 2 is 2.03 bits per heavy atom. The van der Waals surface area contributed by atoms with Gasteiger partial charge in [0, 0.05) is 12.1 Å². The van der Waals surface area contributed by atoms with Crippen molar-refractivity contribution in [3.63, 3.8) is 0 Å². The van der Waals surface area contributed by atoms with Gasteiger partial charge in [-0.1, -0.05) is 0 Å². The highest BCUT2D eigenvalue weighted by atomic mass is 16.5. The van der Waals surface area contributed by atoms with Crippen molar-refractivity contribution in [3.8, 4) is 5.75 Å². The summed E-state index contributed by atoms with van der Waals surface area (Å²) in [6.45, 7) is -0.418. The second-order valence-corrected chi connectivity index (χ2v) is 9.45. The topological polar surface area (TPSA) is 160 Å². The SMILES string of the molecule is CN(C)C1C(=O)C(C(N)=O)=C2CCOC23C(=O)C2C(=O)c4c(cnc(CO)c4O)CC2CC13. The number of aliphatic hydroxyl groups is 1. The molecule has 5 atom stereocenters. The molecule has 5 rings (SSSR count). The molecule has 4 aliphatic rings. The number of hydrogen-bond acceptors (Lipinski definition) is 9. The van der Waals surface area contributed by atoms with Crippen LogP contribution in [0.4, 0.5) is 0 Å². The Morgan fingerprint density at radius 1 is 1.30 bits per heavy atom. The van der Waals surface area contributed by atoms with Crippen molar-refractivity contribution in [3.05, 3.63) is 34.2 Å². The molecule has 0 aromatic carbocycles. The smallest absolute Gasteiger partial charge is 0.252 e. The molecule has 1 saturated carbocycles. The van der Waals surface area contributed by atoms with Crippen LogP contribution in [0.5, 0.6) is 5.75 Å². The number of aromatic hydroxyl groups is 1. The third-order valence-electron chi connectivity index (χ3n) is 7.70. The molecule has 0 bridgehead atoms. The van der Waals surface area contributed by atoms with Gasteiger partial charge in [0.25, 0.3) is 5.91 Å². The second-order valence-electron chi connectivity index (χ2n) is 9.45. The van der Waals surface area contributed by atoms with Gasteiger partial charge in [-0.15, -0.1) is 0 Å². The predicted molar refractivity (Wildman–Crippen MR) is 112 cm³/mol. The number of likely N-dealkylation sites (N-methyl/N-ethyl adjacent to an activating group) is 1. The Labute approximate surface area is 189 Å². The molecule has 4 N–H and O–H groups in total. The highest BCUT2D eigenvalue weighted by Crippen LogP contribution is 2.56. The molecule has 2 fully saturated rings. The number of ether oxygens (including phenoxy) is 1. The summed E-state index contributed by atoms with van der Waals surface area (Å²) < 4.78 is 6.07. The first-order chi connectivity index (χ1) is 15.6. The van der Waals surface area contributed by atoms with Crippen LogP contribution < -0.4 is 5.73 Å². The maximum atomic E-state index is 14.1. The summed E-state index contributed by atoms with van der Waals surface area (Å²) >= 11 is 0. The van der Waals surface area contributed by atoms with E-state index in [2.05, 4.69) is 4.98 Å². The van der Waals surface area contributed by atoms with Crippen molar-refractivity contribution in [1.82, 2.24) is 9.88 Å². The molecule has 33 heavy (non-hydrogen) atoms. The molecule has 10 heteroatoms. The van der Waals surface area contributed by atoms with E-state index in [-0.39, 0.29) is 35.4 Å². The van der Waals surface area contributed by atoms with Gasteiger partial charge in [-0.3, -0.25) is 29.1 Å². The Hall–Kier alpha value is -2.95. The van der Waals surface area contributed by atoms with Crippen molar-refractivity contribution in [2.45, 2.75) is 37.5 Å². The summed E-state index contributed by atoms with van der Waals surface area (Å²) in [5.74, 6) is -4.89. The molecular formula is C23H25N3O7. The molecule has 10 nitrogen and oxygen atoms in total. The van der Waals surface area contributed by atoms with Crippen LogP contribution in [0.2, 0.25) is 0 Å². The van der Waals surface area contributed by atoms with Crippen molar-refractivity contribution in [1.29, 1.82) is 0 Å². The number of fused-ring (bicyclic) bond motifs is 2. The minimum atomic E-state index is -1.58. The Bertz CT molecular complexity index is 1160. The quantitative estimate of drug-likeness (QED) is 0.395. The van der Waals surface area contributed by atoms with Crippen LogP contribution >= 0.6 is 0 Å². The van der Waals surface area contributed by atoms with Gasteiger partial charge in [0.15, 0.2) is 28.7 Å². The molecule has 5 unspecified atom stereocenters. The summed E-state index contributed by atoms with van der Waals surface area (Å²) in [5.41, 5.74) is 4.54. The molecule has 2 heterocycles. The highest BCUT2D eigenvalue weighted by molar-refractivity contribution is 6.25. The first kappa shape index (κ1) is 21.9. The Morgan fingerprint density at radius 3 is 2.67 bits per heavy atom. The molecular weight excluding hydrogens is 430 g/mol. The van der Waals surface area contributed by atoms with E-state index in [9.17, 15) is 29.4 Å². The number of carbonyl (C=O) groups excluding carboxylic acids is 4. The van der Waals surface area contributed by atoms with E-state index < -0.39 is 65.0 Å². The molecule has 1 spiro atoms. The molecule has 1 aromatic heterocycles. The van der Waals surface area contributed by atoms with E-state index in [1.807, 2.05) is 0 Å². The number of nitrogens with two attached hydrogens (primary N) is 1. The Kier molecular flexibility index (Phi) is 4.82. The van der Waals surface area contributed by atoms with E-state index in [0.717, 1.165) is 0 Å². The zero-order chi connectivity index (χ0) is 23.8. The number of pyridine rings is 1. The standard InChI is InChI=1S/C23H25N3O7/c1-26(2)17-12-6-9-5-10-7-25-13(8-27)18(28)14(10)19(29)15(9)21(31)23(12)11(3-4-33-23)16(20(17)30)22(24)32/h7,9,12,15,17,27-28H,3-6,8H2,1-2H3,(H2,24,32). The van der Waals surface area contributed by atoms with Gasteiger partial charge in [0.1, 0.15) is 5.69 Å². The van der Waals surface area contributed by atoms with Crippen molar-refractivity contribution in [2.75, 3.05) is 20.7 Å². The highest BCUT2D eigenvalue weighted by Gasteiger charge is 2.68. The molecule has 3 aliphatic carbocycles. The normalized spacial score (nSPS) is 33.0. The minimum Gasteiger partial charge on any atom is -0.505 e. The summed E-state index contributed by atoms with van der Waals surface area (Å²) in [7, 11) is 3.40. The number of nitrogens with zero attached hydrogens (tertiary/aromatic N) is 2. The summed E-state index contributed by atoms with van der Waals surface area (Å²) in [6, 6.07) is -0.806. The van der Waals surface area contributed by atoms with E-state index >= 15 is 0 Å². The zero-order valence-electron chi connectivity index (χ0n) is 18.3. The molecule has 1 saturated heterocycles. The lowest BCUT2D eigenvalue weighted by molar-refractivity contribution is -0.161. The van der Waals surface area contributed by atoms with E-state index in [1.165, 1.54) is 6.20 Å². The van der Waals surface area contributed by atoms with Gasteiger partial charge >= 0.3 is 0 Å². The van der Waals surface area contributed by atoms with E-state index in [1.54, 1.807) is 19.0 Å². The number of Topliss-reactive ketones (excluding diaryl/α,β-unsaturated/α-hetero) is 3. The number of primary amides is 1. The lowest BCUT2D eigenvalue weighted by Crippen LogP contribution is -2.67. The van der Waals surface area contributed by atoms with Gasteiger partial charge in [0.05, 0.1) is 36.3 Å². The third-order valence-corrected chi connectivity index (χ3v) is 7.70. The lowest BCUT2D eigenvalue weighted by atomic mass is 9.53. The predicted octanol–water partition coefficient (Wildman–Crippen LogP) is -0.706. The van der Waals surface area contributed by atoms with Crippen LogP contribution in [0.1, 0.15) is 34.5 Å². The fraction of sp³-hybridized carbons (Fsp3) is 0.522. The van der Waals surface area contributed by atoms with E-state index in [4.69, 9.17) is 10.5 Å². The van der Waals surface area contributed by atoms with Gasteiger partial charge in [-0.25, -0.2) is 0 Å². The first-order valence-corrected chi connectivity index (χ1v) is 10.9. The molecule has 1 aromatic rings. The van der Waals surface area contributed by atoms with E-state index in [0.29, 0.717) is 18.4 Å². The minimum absolute atomic E-state index is 0.00630. The van der Waals surface area contributed by atoms with Gasteiger partial charge in [-0.05, 0) is 50.4 Å². The number of hydrogen-bond donors (Lipinski definition) is 3. The fourth-order valence-corrected chi connectivity index (χ4v) is 6.49. The Balaban J connectivity index is 1.71. The van der Waals surface area contributed by atoms with Crippen molar-refractivity contribution in [2.24, 2.45) is 23.5 Å². The monoisotopic (exact) mass is 455 g/mol. The second kappa shape index (κ2) is 7.28. The number of carbonyl (C=O) groups is 4. The van der Waals surface area contributed by atoms with Crippen LogP contribution in [-0.2, 0) is 32.1 Å². The third kappa shape index (κ3) is 2.68. The molecule has 1 aliphatic heterocycles. The fourth-order valence-electron chi connectivity index (χ4n) is 6.49. The molecule has 1 amide bonds. The molecule has 0 radical (unpaired) electrons. The first-order valence-electron chi connectivity index (χ1n) is 10.9. The number of amides is 1. The summed E-state index contributed by atoms with van der Waals surface area (Å²) in [4.78, 5) is 59.1. The summed E-state index contributed by atoms with van der Waals surface area (Å²) in [5, 5.41) is 20.0. The van der Waals surface area contributed by atoms with Gasteiger partial charge in [-0.2, -0.15) is 0 Å². The van der Waals surface area contributed by atoms with Crippen LogP contribution in [0, 0.1) is 17.8 Å². The summed E-state index contributed by atoms with van der Waals surface area (Å²) in [6.07, 6.45) is 2.31. The molecule has 174 valence electrons. The van der Waals surface area contributed by atoms with Crippen LogP contribution in [-0.4, -0.2) is 75.7 Å². The van der Waals surface area contributed by atoms with Crippen molar-refractivity contribution < 1.29 is 34.1 Å². The average Bonchev–Trinajstić information content (AvgIpc) is 3.17. The zero-order valence-corrected chi connectivity index (χ0v) is 18.3. The van der Waals surface area contributed by atoms with Crippen LogP contribution in [0.3, 0.4) is 0 Å². The maximum Gasteiger partial charge on any atom is 0.252 e. The maximum absolute atomic E-state index is 14.1. The van der Waals surface area contributed by atoms with Crippen molar-refractivity contribution >= 4 is 23.3 Å². The largest absolute Gasteiger partial charge is 0.505 e.